The van der Waals surface area contributed by atoms with Crippen LogP contribution in [0.25, 0.3) is 0 Å². The van der Waals surface area contributed by atoms with Gasteiger partial charge < -0.3 is 9.80 Å². The van der Waals surface area contributed by atoms with Crippen molar-refractivity contribution in [3.63, 3.8) is 0 Å². The van der Waals surface area contributed by atoms with Crippen LogP contribution in [0.4, 0.5) is 0 Å². The molecule has 0 saturated carbocycles. The van der Waals surface area contributed by atoms with Gasteiger partial charge in [-0.3, -0.25) is 9.59 Å². The molecule has 0 bridgehead atoms. The standard InChI is InChI=1S/C25H30N2O2/c1-19-7-5-6-10-22(19)17-27-18-23(16-24(27)28)25(29)26-13-11-21(12-14-26)15-20-8-3-2-4-9-20/h2-10,21,23H,11-18H2,1H3. The van der Waals surface area contributed by atoms with Crippen molar-refractivity contribution >= 4 is 11.8 Å². The van der Waals surface area contributed by atoms with E-state index in [2.05, 4.69) is 49.4 Å². The van der Waals surface area contributed by atoms with Crippen LogP contribution in [0.5, 0.6) is 0 Å². The Hall–Kier alpha value is -2.62. The second-order valence-corrected chi connectivity index (χ2v) is 8.56. The van der Waals surface area contributed by atoms with Crippen molar-refractivity contribution in [3.8, 4) is 0 Å². The molecule has 0 spiro atoms. The lowest BCUT2D eigenvalue weighted by Gasteiger charge is -2.33. The monoisotopic (exact) mass is 390 g/mol. The molecule has 152 valence electrons. The predicted molar refractivity (Wildman–Crippen MR) is 114 cm³/mol. The average Bonchev–Trinajstić information content (AvgIpc) is 3.11. The third-order valence-corrected chi connectivity index (χ3v) is 6.48. The quantitative estimate of drug-likeness (QED) is 0.779. The van der Waals surface area contributed by atoms with Crippen molar-refractivity contribution in [2.45, 2.75) is 39.2 Å². The zero-order chi connectivity index (χ0) is 20.2. The van der Waals surface area contributed by atoms with Crippen LogP contribution in [-0.2, 0) is 22.6 Å². The van der Waals surface area contributed by atoms with E-state index in [0.717, 1.165) is 37.9 Å². The summed E-state index contributed by atoms with van der Waals surface area (Å²) in [5.74, 6) is 0.732. The summed E-state index contributed by atoms with van der Waals surface area (Å²) < 4.78 is 0. The maximum Gasteiger partial charge on any atom is 0.227 e. The van der Waals surface area contributed by atoms with Crippen LogP contribution < -0.4 is 0 Å². The largest absolute Gasteiger partial charge is 0.342 e. The van der Waals surface area contributed by atoms with Crippen LogP contribution in [-0.4, -0.2) is 41.2 Å². The van der Waals surface area contributed by atoms with E-state index in [1.165, 1.54) is 11.1 Å². The number of aryl methyl sites for hydroxylation is 1. The van der Waals surface area contributed by atoms with Gasteiger partial charge in [-0.15, -0.1) is 0 Å². The Morgan fingerprint density at radius 3 is 2.41 bits per heavy atom. The summed E-state index contributed by atoms with van der Waals surface area (Å²) >= 11 is 0. The number of amides is 2. The Kier molecular flexibility index (Phi) is 5.98. The van der Waals surface area contributed by atoms with E-state index in [1.54, 1.807) is 0 Å². The summed E-state index contributed by atoms with van der Waals surface area (Å²) in [5.41, 5.74) is 3.73. The van der Waals surface area contributed by atoms with Crippen LogP contribution in [0, 0.1) is 18.8 Å². The zero-order valence-electron chi connectivity index (χ0n) is 17.2. The van der Waals surface area contributed by atoms with E-state index in [1.807, 2.05) is 21.9 Å². The number of hydrogen-bond acceptors (Lipinski definition) is 2. The summed E-state index contributed by atoms with van der Waals surface area (Å²) in [7, 11) is 0. The first-order chi connectivity index (χ1) is 14.1. The molecule has 2 aromatic rings. The van der Waals surface area contributed by atoms with Gasteiger partial charge in [0.25, 0.3) is 0 Å². The highest BCUT2D eigenvalue weighted by molar-refractivity contribution is 5.89. The first-order valence-electron chi connectivity index (χ1n) is 10.7. The molecular weight excluding hydrogens is 360 g/mol. The van der Waals surface area contributed by atoms with Gasteiger partial charge in [-0.05, 0) is 48.8 Å². The molecule has 0 N–H and O–H groups in total. The Bertz CT molecular complexity index is 856. The SMILES string of the molecule is Cc1ccccc1CN1CC(C(=O)N2CCC(Cc3ccccc3)CC2)CC1=O. The maximum atomic E-state index is 13.0. The molecule has 4 heteroatoms. The second kappa shape index (κ2) is 8.81. The zero-order valence-corrected chi connectivity index (χ0v) is 17.2. The van der Waals surface area contributed by atoms with Crippen molar-refractivity contribution in [3.05, 3.63) is 71.3 Å². The van der Waals surface area contributed by atoms with Gasteiger partial charge in [-0.2, -0.15) is 0 Å². The Labute approximate surface area is 173 Å². The molecule has 2 saturated heterocycles. The fraction of sp³-hybridized carbons (Fsp3) is 0.440. The maximum absolute atomic E-state index is 13.0. The van der Waals surface area contributed by atoms with Crippen molar-refractivity contribution in [1.29, 1.82) is 0 Å². The van der Waals surface area contributed by atoms with E-state index < -0.39 is 0 Å². The van der Waals surface area contributed by atoms with Crippen molar-refractivity contribution < 1.29 is 9.59 Å². The van der Waals surface area contributed by atoms with E-state index in [9.17, 15) is 9.59 Å². The average molecular weight is 391 g/mol. The molecule has 4 rings (SSSR count). The Balaban J connectivity index is 1.29. The van der Waals surface area contributed by atoms with Crippen LogP contribution in [0.2, 0.25) is 0 Å². The van der Waals surface area contributed by atoms with E-state index in [0.29, 0.717) is 25.4 Å². The number of carbonyl (C=O) groups is 2. The van der Waals surface area contributed by atoms with Gasteiger partial charge in [0.1, 0.15) is 0 Å². The molecule has 0 aliphatic carbocycles. The van der Waals surface area contributed by atoms with Gasteiger partial charge in [0.2, 0.25) is 11.8 Å². The molecule has 1 unspecified atom stereocenters. The summed E-state index contributed by atoms with van der Waals surface area (Å²) in [4.78, 5) is 29.4. The molecule has 2 fully saturated rings. The third kappa shape index (κ3) is 4.69. The first kappa shape index (κ1) is 19.7. The number of rotatable bonds is 5. The minimum Gasteiger partial charge on any atom is -0.342 e. The number of carbonyl (C=O) groups excluding carboxylic acids is 2. The number of hydrogen-bond donors (Lipinski definition) is 0. The minimum atomic E-state index is -0.183. The summed E-state index contributed by atoms with van der Waals surface area (Å²) in [5, 5.41) is 0. The number of nitrogens with zero attached hydrogens (tertiary/aromatic N) is 2. The third-order valence-electron chi connectivity index (χ3n) is 6.48. The van der Waals surface area contributed by atoms with Gasteiger partial charge in [-0.25, -0.2) is 0 Å². The van der Waals surface area contributed by atoms with Crippen molar-refractivity contribution in [1.82, 2.24) is 9.80 Å². The summed E-state index contributed by atoms with van der Waals surface area (Å²) in [6.45, 7) is 4.86. The smallest absolute Gasteiger partial charge is 0.227 e. The Morgan fingerprint density at radius 2 is 1.69 bits per heavy atom. The van der Waals surface area contributed by atoms with Gasteiger partial charge >= 0.3 is 0 Å². The Morgan fingerprint density at radius 1 is 1.00 bits per heavy atom. The highest BCUT2D eigenvalue weighted by Gasteiger charge is 2.37. The fourth-order valence-electron chi connectivity index (χ4n) is 4.65. The lowest BCUT2D eigenvalue weighted by Crippen LogP contribution is -2.42. The normalized spacial score (nSPS) is 20.3. The van der Waals surface area contributed by atoms with Gasteiger partial charge in [0.15, 0.2) is 0 Å². The molecule has 4 nitrogen and oxygen atoms in total. The molecule has 2 heterocycles. The van der Waals surface area contributed by atoms with Crippen molar-refractivity contribution in [2.75, 3.05) is 19.6 Å². The molecule has 29 heavy (non-hydrogen) atoms. The van der Waals surface area contributed by atoms with E-state index in [4.69, 9.17) is 0 Å². The molecule has 2 amide bonds. The lowest BCUT2D eigenvalue weighted by atomic mass is 9.89. The molecule has 1 atom stereocenters. The number of benzene rings is 2. The first-order valence-corrected chi connectivity index (χ1v) is 10.7. The van der Waals surface area contributed by atoms with Crippen LogP contribution in [0.15, 0.2) is 54.6 Å². The highest BCUT2D eigenvalue weighted by atomic mass is 16.2. The van der Waals surface area contributed by atoms with Gasteiger partial charge in [-0.1, -0.05) is 54.6 Å². The molecule has 2 aliphatic rings. The molecule has 2 aromatic carbocycles. The lowest BCUT2D eigenvalue weighted by molar-refractivity contribution is -0.137. The second-order valence-electron chi connectivity index (χ2n) is 8.56. The van der Waals surface area contributed by atoms with Crippen LogP contribution in [0.3, 0.4) is 0 Å². The van der Waals surface area contributed by atoms with Crippen LogP contribution in [0.1, 0.15) is 36.0 Å². The number of likely N-dealkylation sites (tertiary alicyclic amines) is 2. The predicted octanol–water partition coefficient (Wildman–Crippen LogP) is 3.82. The van der Waals surface area contributed by atoms with Crippen LogP contribution >= 0.6 is 0 Å². The van der Waals surface area contributed by atoms with E-state index in [-0.39, 0.29) is 17.7 Å². The molecule has 2 aliphatic heterocycles. The topological polar surface area (TPSA) is 40.6 Å². The van der Waals surface area contributed by atoms with Gasteiger partial charge in [0, 0.05) is 32.6 Å². The molecular formula is C25H30N2O2. The van der Waals surface area contributed by atoms with E-state index >= 15 is 0 Å². The highest BCUT2D eigenvalue weighted by Crippen LogP contribution is 2.27. The summed E-state index contributed by atoms with van der Waals surface area (Å²) in [6, 6.07) is 18.8. The molecule has 0 radical (unpaired) electrons. The number of piperidine rings is 1. The van der Waals surface area contributed by atoms with Gasteiger partial charge in [0.05, 0.1) is 5.92 Å². The summed E-state index contributed by atoms with van der Waals surface area (Å²) in [6.07, 6.45) is 3.55. The van der Waals surface area contributed by atoms with Crippen molar-refractivity contribution in [2.24, 2.45) is 11.8 Å². The fourth-order valence-corrected chi connectivity index (χ4v) is 4.65. The minimum absolute atomic E-state index is 0.102. The molecule has 0 aromatic heterocycles.